The number of aliphatic hydroxyl groups excluding tert-OH is 1. The Kier molecular flexibility index (Phi) is 9.09. The Balaban J connectivity index is 3.32. The first-order valence-corrected chi connectivity index (χ1v) is 9.22. The normalized spacial score (nSPS) is 12.3. The van der Waals surface area contributed by atoms with Crippen molar-refractivity contribution in [1.82, 2.24) is 0 Å². The molecule has 0 atom stereocenters. The fourth-order valence-corrected chi connectivity index (χ4v) is 2.58. The lowest BCUT2D eigenvalue weighted by Gasteiger charge is -2.11. The van der Waals surface area contributed by atoms with Gasteiger partial charge in [-0.3, -0.25) is 4.99 Å². The first kappa shape index (κ1) is 23.3. The molecule has 0 heterocycles. The number of aliphatic hydroxyl groups is 1. The third kappa shape index (κ3) is 6.41. The fraction of sp³-hybridized carbons (Fsp3) is 0.389. The van der Waals surface area contributed by atoms with Gasteiger partial charge in [0.2, 0.25) is 0 Å². The summed E-state index contributed by atoms with van der Waals surface area (Å²) >= 11 is 18.4. The zero-order valence-corrected chi connectivity index (χ0v) is 17.6. The van der Waals surface area contributed by atoms with Crippen molar-refractivity contribution in [2.24, 2.45) is 4.99 Å². The van der Waals surface area contributed by atoms with Crippen molar-refractivity contribution in [2.45, 2.75) is 40.2 Å². The molecule has 1 N–H and O–H groups in total. The van der Waals surface area contributed by atoms with Crippen molar-refractivity contribution >= 4 is 58.6 Å². The SMILES string of the molecule is CCCOC(=O)c1c(Cl)c(Cl)cc(N=CC(C(=O)OC(C)C)=C(C)O)c1Cl. The molecule has 0 spiro atoms. The van der Waals surface area contributed by atoms with E-state index in [4.69, 9.17) is 44.3 Å². The minimum Gasteiger partial charge on any atom is -0.512 e. The molecule has 0 aliphatic rings. The second kappa shape index (κ2) is 10.5. The summed E-state index contributed by atoms with van der Waals surface area (Å²) in [5, 5.41) is 9.60. The molecule has 0 aromatic heterocycles. The largest absolute Gasteiger partial charge is 0.512 e. The number of hydrogen-bond acceptors (Lipinski definition) is 6. The topological polar surface area (TPSA) is 85.2 Å². The van der Waals surface area contributed by atoms with E-state index in [0.29, 0.717) is 6.42 Å². The van der Waals surface area contributed by atoms with Gasteiger partial charge in [0, 0.05) is 6.21 Å². The third-order valence-electron chi connectivity index (χ3n) is 3.06. The Hall–Kier alpha value is -1.76. The molecule has 9 heteroatoms. The Morgan fingerprint density at radius 3 is 2.41 bits per heavy atom. The lowest BCUT2D eigenvalue weighted by atomic mass is 10.2. The lowest BCUT2D eigenvalue weighted by Crippen LogP contribution is -2.15. The monoisotopic (exact) mass is 435 g/mol. The van der Waals surface area contributed by atoms with Crippen LogP contribution >= 0.6 is 34.8 Å². The molecule has 1 aromatic carbocycles. The van der Waals surface area contributed by atoms with Crippen LogP contribution in [0.25, 0.3) is 0 Å². The van der Waals surface area contributed by atoms with Gasteiger partial charge in [-0.1, -0.05) is 41.7 Å². The highest BCUT2D eigenvalue weighted by atomic mass is 35.5. The van der Waals surface area contributed by atoms with Crippen LogP contribution in [0.2, 0.25) is 15.1 Å². The molecular formula is C18H20Cl3NO5. The second-order valence-corrected chi connectivity index (χ2v) is 6.89. The number of hydrogen-bond donors (Lipinski definition) is 1. The molecular weight excluding hydrogens is 417 g/mol. The molecule has 27 heavy (non-hydrogen) atoms. The molecule has 0 radical (unpaired) electrons. The minimum atomic E-state index is -0.757. The molecule has 0 saturated carbocycles. The summed E-state index contributed by atoms with van der Waals surface area (Å²) in [6.07, 6.45) is 1.31. The van der Waals surface area contributed by atoms with Gasteiger partial charge >= 0.3 is 11.9 Å². The predicted octanol–water partition coefficient (Wildman–Crippen LogP) is 5.70. The Morgan fingerprint density at radius 2 is 1.89 bits per heavy atom. The summed E-state index contributed by atoms with van der Waals surface area (Å²) in [4.78, 5) is 28.3. The van der Waals surface area contributed by atoms with Crippen LogP contribution in [0.3, 0.4) is 0 Å². The van der Waals surface area contributed by atoms with Gasteiger partial charge in [0.1, 0.15) is 16.9 Å². The molecule has 0 unspecified atom stereocenters. The number of halogens is 3. The molecule has 0 amide bonds. The van der Waals surface area contributed by atoms with Gasteiger partial charge in [-0.2, -0.15) is 0 Å². The molecule has 0 bridgehead atoms. The van der Waals surface area contributed by atoms with Crippen molar-refractivity contribution in [3.05, 3.63) is 38.0 Å². The number of aliphatic imine (C=N–C) groups is 1. The van der Waals surface area contributed by atoms with Crippen molar-refractivity contribution in [2.75, 3.05) is 6.61 Å². The summed E-state index contributed by atoms with van der Waals surface area (Å²) in [6.45, 7) is 6.68. The van der Waals surface area contributed by atoms with Gasteiger partial charge in [-0.15, -0.1) is 0 Å². The average Bonchev–Trinajstić information content (AvgIpc) is 2.56. The molecule has 1 aromatic rings. The molecule has 1 rings (SSSR count). The van der Waals surface area contributed by atoms with E-state index in [9.17, 15) is 14.7 Å². The lowest BCUT2D eigenvalue weighted by molar-refractivity contribution is -0.142. The molecule has 0 saturated heterocycles. The van der Waals surface area contributed by atoms with Gasteiger partial charge < -0.3 is 14.6 Å². The van der Waals surface area contributed by atoms with Crippen LogP contribution in [0.5, 0.6) is 0 Å². The number of ether oxygens (including phenoxy) is 2. The first-order valence-electron chi connectivity index (χ1n) is 8.09. The Labute approximate surface area is 172 Å². The van der Waals surface area contributed by atoms with Crippen molar-refractivity contribution in [3.8, 4) is 0 Å². The highest BCUT2D eigenvalue weighted by Gasteiger charge is 2.22. The van der Waals surface area contributed by atoms with Crippen molar-refractivity contribution in [3.63, 3.8) is 0 Å². The molecule has 6 nitrogen and oxygen atoms in total. The summed E-state index contributed by atoms with van der Waals surface area (Å²) in [5.74, 6) is -1.78. The van der Waals surface area contributed by atoms with Gasteiger partial charge in [-0.25, -0.2) is 9.59 Å². The summed E-state index contributed by atoms with van der Waals surface area (Å²) in [6, 6.07) is 1.33. The zero-order chi connectivity index (χ0) is 20.7. The number of benzene rings is 1. The van der Waals surface area contributed by atoms with E-state index in [1.807, 2.05) is 6.92 Å². The van der Waals surface area contributed by atoms with E-state index >= 15 is 0 Å². The highest BCUT2D eigenvalue weighted by molar-refractivity contribution is 6.47. The average molecular weight is 437 g/mol. The maximum Gasteiger partial charge on any atom is 0.343 e. The number of carbonyl (C=O) groups is 2. The van der Waals surface area contributed by atoms with Crippen LogP contribution in [0.15, 0.2) is 22.4 Å². The van der Waals surface area contributed by atoms with Gasteiger partial charge in [-0.05, 0) is 33.3 Å². The number of nitrogens with zero attached hydrogens (tertiary/aromatic N) is 1. The van der Waals surface area contributed by atoms with Gasteiger partial charge in [0.05, 0.1) is 33.5 Å². The molecule has 0 aliphatic heterocycles. The standard InChI is InChI=1S/C18H20Cl3NO5/c1-5-6-26-18(25)14-15(20)12(19)7-13(16(14)21)22-8-11(10(4)23)17(24)27-9(2)3/h7-9,23H,5-6H2,1-4H3. The summed E-state index contributed by atoms with van der Waals surface area (Å²) in [5.41, 5.74) is -0.214. The van der Waals surface area contributed by atoms with Crippen LogP contribution in [0, 0.1) is 0 Å². The van der Waals surface area contributed by atoms with Crippen LogP contribution < -0.4 is 0 Å². The second-order valence-electron chi connectivity index (χ2n) is 5.73. The summed E-state index contributed by atoms with van der Waals surface area (Å²) < 4.78 is 10.1. The zero-order valence-electron chi connectivity index (χ0n) is 15.3. The number of allylic oxidation sites excluding steroid dienone is 1. The smallest absolute Gasteiger partial charge is 0.343 e. The van der Waals surface area contributed by atoms with Crippen molar-refractivity contribution in [1.29, 1.82) is 0 Å². The first-order chi connectivity index (χ1) is 12.6. The Morgan fingerprint density at radius 1 is 1.26 bits per heavy atom. The maximum absolute atomic E-state index is 12.2. The quantitative estimate of drug-likeness (QED) is 0.195. The van der Waals surface area contributed by atoms with Gasteiger partial charge in [0.25, 0.3) is 0 Å². The van der Waals surface area contributed by atoms with E-state index in [-0.39, 0.29) is 50.4 Å². The van der Waals surface area contributed by atoms with E-state index < -0.39 is 11.9 Å². The number of carbonyl (C=O) groups excluding carboxylic acids is 2. The number of esters is 2. The van der Waals surface area contributed by atoms with E-state index in [0.717, 1.165) is 6.21 Å². The van der Waals surface area contributed by atoms with Crippen LogP contribution in [0.4, 0.5) is 5.69 Å². The maximum atomic E-state index is 12.2. The van der Waals surface area contributed by atoms with Crippen LogP contribution in [-0.2, 0) is 14.3 Å². The summed E-state index contributed by atoms with van der Waals surface area (Å²) in [7, 11) is 0. The Bertz CT molecular complexity index is 784. The number of rotatable bonds is 7. The van der Waals surface area contributed by atoms with Gasteiger partial charge in [0.15, 0.2) is 0 Å². The minimum absolute atomic E-state index is 0.0349. The van der Waals surface area contributed by atoms with Crippen LogP contribution in [0.1, 0.15) is 44.5 Å². The fourth-order valence-electron chi connectivity index (χ4n) is 1.84. The van der Waals surface area contributed by atoms with E-state index in [2.05, 4.69) is 4.99 Å². The molecule has 148 valence electrons. The van der Waals surface area contributed by atoms with E-state index in [1.165, 1.54) is 13.0 Å². The molecule has 0 fully saturated rings. The van der Waals surface area contributed by atoms with E-state index in [1.54, 1.807) is 13.8 Å². The third-order valence-corrected chi connectivity index (χ3v) is 4.23. The molecule has 0 aliphatic carbocycles. The highest BCUT2D eigenvalue weighted by Crippen LogP contribution is 2.39. The predicted molar refractivity (Wildman–Crippen MR) is 107 cm³/mol. The van der Waals surface area contributed by atoms with Crippen molar-refractivity contribution < 1.29 is 24.2 Å². The van der Waals surface area contributed by atoms with Crippen LogP contribution in [-0.4, -0.2) is 36.0 Å².